The fraction of sp³-hybridized carbons (Fsp3) is 0.643. The molecule has 7 heteroatoms. The third kappa shape index (κ3) is 3.74. The van der Waals surface area contributed by atoms with Crippen molar-refractivity contribution in [1.82, 2.24) is 15.3 Å². The van der Waals surface area contributed by atoms with Gasteiger partial charge in [0.25, 0.3) is 0 Å². The molecule has 2 rings (SSSR count). The summed E-state index contributed by atoms with van der Waals surface area (Å²) in [5, 5.41) is 2.95. The van der Waals surface area contributed by atoms with Crippen LogP contribution in [0.4, 0.5) is 17.6 Å². The molecule has 1 aromatic rings. The number of carbonyl (C=O) groups is 1. The number of nitrogens with zero attached hydrogens (tertiary/aromatic N) is 4. The summed E-state index contributed by atoms with van der Waals surface area (Å²) < 4.78 is 0. The van der Waals surface area contributed by atoms with Gasteiger partial charge >= 0.3 is 0 Å². The van der Waals surface area contributed by atoms with Gasteiger partial charge in [-0.1, -0.05) is 0 Å². The minimum atomic E-state index is 0.00730. The molecule has 116 valence electrons. The number of nitrogen functional groups attached to an aromatic ring is 1. The number of carbonyl (C=O) groups excluding carboxylic acids is 1. The smallest absolute Gasteiger partial charge is 0.229 e. The van der Waals surface area contributed by atoms with Gasteiger partial charge in [-0.05, 0) is 20.3 Å². The van der Waals surface area contributed by atoms with E-state index in [0.29, 0.717) is 11.8 Å². The van der Waals surface area contributed by atoms with Crippen molar-refractivity contribution in [2.24, 2.45) is 0 Å². The van der Waals surface area contributed by atoms with E-state index < -0.39 is 0 Å². The molecule has 1 aliphatic rings. The Kier molecular flexibility index (Phi) is 4.82. The van der Waals surface area contributed by atoms with E-state index in [1.165, 1.54) is 0 Å². The van der Waals surface area contributed by atoms with Crippen molar-refractivity contribution in [3.8, 4) is 0 Å². The normalized spacial score (nSPS) is 17.9. The highest BCUT2D eigenvalue weighted by Gasteiger charge is 2.25. The van der Waals surface area contributed by atoms with E-state index in [9.17, 15) is 4.79 Å². The second-order valence-corrected chi connectivity index (χ2v) is 5.26. The Morgan fingerprint density at radius 2 is 2.19 bits per heavy atom. The van der Waals surface area contributed by atoms with Crippen molar-refractivity contribution in [1.29, 1.82) is 0 Å². The second kappa shape index (κ2) is 6.60. The highest BCUT2D eigenvalue weighted by Crippen LogP contribution is 2.22. The molecule has 1 fully saturated rings. The first-order chi connectivity index (χ1) is 10.0. The van der Waals surface area contributed by atoms with Gasteiger partial charge in [0.15, 0.2) is 0 Å². The molecular weight excluding hydrogens is 268 g/mol. The lowest BCUT2D eigenvalue weighted by molar-refractivity contribution is -0.119. The van der Waals surface area contributed by atoms with E-state index in [-0.39, 0.29) is 11.9 Å². The van der Waals surface area contributed by atoms with Crippen LogP contribution in [-0.2, 0) is 4.79 Å². The van der Waals surface area contributed by atoms with E-state index in [1.807, 2.05) is 0 Å². The Bertz CT molecular complexity index is 502. The molecule has 1 aromatic heterocycles. The third-order valence-corrected chi connectivity index (χ3v) is 3.69. The highest BCUT2D eigenvalue weighted by molar-refractivity contribution is 5.73. The molecule has 1 atom stereocenters. The zero-order valence-electron chi connectivity index (χ0n) is 13.0. The summed E-state index contributed by atoms with van der Waals surface area (Å²) in [6.07, 6.45) is 0.921. The molecule has 0 saturated carbocycles. The van der Waals surface area contributed by atoms with Gasteiger partial charge in [-0.2, -0.15) is 9.97 Å². The molecular formula is C14H24N6O. The van der Waals surface area contributed by atoms with Gasteiger partial charge in [0.05, 0.1) is 0 Å². The number of nitrogens with two attached hydrogens (primary N) is 1. The largest absolute Gasteiger partial charge is 0.383 e. The molecule has 3 N–H and O–H groups in total. The molecule has 0 spiro atoms. The fourth-order valence-electron chi connectivity index (χ4n) is 2.62. The quantitative estimate of drug-likeness (QED) is 0.827. The van der Waals surface area contributed by atoms with E-state index >= 15 is 0 Å². The van der Waals surface area contributed by atoms with Crippen LogP contribution in [0, 0.1) is 0 Å². The number of rotatable bonds is 5. The lowest BCUT2D eigenvalue weighted by Crippen LogP contribution is -2.35. The van der Waals surface area contributed by atoms with Gasteiger partial charge in [0.1, 0.15) is 11.6 Å². The van der Waals surface area contributed by atoms with Crippen molar-refractivity contribution in [3.05, 3.63) is 6.07 Å². The van der Waals surface area contributed by atoms with Crippen molar-refractivity contribution in [2.45, 2.75) is 33.2 Å². The van der Waals surface area contributed by atoms with E-state index in [0.717, 1.165) is 38.4 Å². The molecule has 2 heterocycles. The maximum Gasteiger partial charge on any atom is 0.229 e. The summed E-state index contributed by atoms with van der Waals surface area (Å²) in [6, 6.07) is 1.97. The third-order valence-electron chi connectivity index (χ3n) is 3.69. The highest BCUT2D eigenvalue weighted by atomic mass is 16.1. The van der Waals surface area contributed by atoms with Gasteiger partial charge in [-0.15, -0.1) is 0 Å². The van der Waals surface area contributed by atoms with Crippen molar-refractivity contribution >= 4 is 23.5 Å². The first-order valence-electron chi connectivity index (χ1n) is 7.45. The van der Waals surface area contributed by atoms with Crippen LogP contribution < -0.4 is 20.9 Å². The van der Waals surface area contributed by atoms with Gasteiger partial charge in [-0.25, -0.2) is 0 Å². The molecule has 0 aromatic carbocycles. The van der Waals surface area contributed by atoms with Crippen molar-refractivity contribution in [2.75, 3.05) is 41.7 Å². The number of amides is 1. The maximum absolute atomic E-state index is 11.1. The minimum Gasteiger partial charge on any atom is -0.383 e. The molecule has 1 amide bonds. The number of hydrogen-bond acceptors (Lipinski definition) is 6. The lowest BCUT2D eigenvalue weighted by Gasteiger charge is -2.23. The van der Waals surface area contributed by atoms with Gasteiger partial charge < -0.3 is 20.9 Å². The first kappa shape index (κ1) is 15.3. The number of nitrogens with one attached hydrogen (secondary N) is 1. The zero-order chi connectivity index (χ0) is 15.4. The Hall–Kier alpha value is -2.05. The first-order valence-corrected chi connectivity index (χ1v) is 7.45. The summed E-state index contributed by atoms with van der Waals surface area (Å²) in [4.78, 5) is 24.3. The second-order valence-electron chi connectivity index (χ2n) is 5.26. The predicted octanol–water partition coefficient (Wildman–Crippen LogP) is 0.620. The Morgan fingerprint density at radius 3 is 2.81 bits per heavy atom. The van der Waals surface area contributed by atoms with E-state index in [4.69, 9.17) is 5.73 Å². The summed E-state index contributed by atoms with van der Waals surface area (Å²) in [5.41, 5.74) is 5.92. The molecule has 21 heavy (non-hydrogen) atoms. The van der Waals surface area contributed by atoms with Crippen LogP contribution in [0.3, 0.4) is 0 Å². The van der Waals surface area contributed by atoms with Crippen LogP contribution in [0.25, 0.3) is 0 Å². The summed E-state index contributed by atoms with van der Waals surface area (Å²) in [6.45, 7) is 8.98. The van der Waals surface area contributed by atoms with Crippen LogP contribution >= 0.6 is 0 Å². The Balaban J connectivity index is 2.15. The zero-order valence-corrected chi connectivity index (χ0v) is 13.0. The summed E-state index contributed by atoms with van der Waals surface area (Å²) in [5.74, 6) is 1.98. The topological polar surface area (TPSA) is 87.4 Å². The average molecular weight is 292 g/mol. The Labute approximate surface area is 125 Å². The standard InChI is InChI=1S/C14H24N6O/c1-4-19(5-2)14-17-12(15)8-13(18-14)20-7-6-11(9-20)16-10(3)21/h8,11H,4-7,9H2,1-3H3,(H,16,21)(H2,15,17,18). The van der Waals surface area contributed by atoms with Crippen LogP contribution in [-0.4, -0.2) is 48.1 Å². The lowest BCUT2D eigenvalue weighted by atomic mass is 10.3. The van der Waals surface area contributed by atoms with Gasteiger partial charge in [0, 0.05) is 45.2 Å². The summed E-state index contributed by atoms with van der Waals surface area (Å²) in [7, 11) is 0. The number of anilines is 3. The van der Waals surface area contributed by atoms with E-state index in [1.54, 1.807) is 13.0 Å². The molecule has 0 aliphatic carbocycles. The molecule has 1 saturated heterocycles. The fourth-order valence-corrected chi connectivity index (χ4v) is 2.62. The maximum atomic E-state index is 11.1. The molecule has 0 radical (unpaired) electrons. The SMILES string of the molecule is CCN(CC)c1nc(N)cc(N2CCC(NC(C)=O)C2)n1. The van der Waals surface area contributed by atoms with Crippen LogP contribution in [0.2, 0.25) is 0 Å². The van der Waals surface area contributed by atoms with Crippen LogP contribution in [0.15, 0.2) is 6.07 Å². The average Bonchev–Trinajstić information content (AvgIpc) is 2.87. The number of hydrogen-bond donors (Lipinski definition) is 2. The molecule has 7 nitrogen and oxygen atoms in total. The van der Waals surface area contributed by atoms with E-state index in [2.05, 4.69) is 38.9 Å². The van der Waals surface area contributed by atoms with Gasteiger partial charge in [-0.3, -0.25) is 4.79 Å². The monoisotopic (exact) mass is 292 g/mol. The predicted molar refractivity (Wildman–Crippen MR) is 84.4 cm³/mol. The van der Waals surface area contributed by atoms with Crippen molar-refractivity contribution in [3.63, 3.8) is 0 Å². The van der Waals surface area contributed by atoms with Crippen LogP contribution in [0.1, 0.15) is 27.2 Å². The number of aromatic nitrogens is 2. The molecule has 1 aliphatic heterocycles. The summed E-state index contributed by atoms with van der Waals surface area (Å²) >= 11 is 0. The van der Waals surface area contributed by atoms with Gasteiger partial charge in [0.2, 0.25) is 11.9 Å². The van der Waals surface area contributed by atoms with Crippen molar-refractivity contribution < 1.29 is 4.79 Å². The Morgan fingerprint density at radius 1 is 1.48 bits per heavy atom. The molecule has 0 bridgehead atoms. The van der Waals surface area contributed by atoms with Crippen LogP contribution in [0.5, 0.6) is 0 Å². The minimum absolute atomic E-state index is 0.00730. The molecule has 1 unspecified atom stereocenters.